The van der Waals surface area contributed by atoms with E-state index in [-0.39, 0.29) is 18.7 Å². The van der Waals surface area contributed by atoms with Gasteiger partial charge < -0.3 is 29.0 Å². The molecule has 4 aromatic rings. The third kappa shape index (κ3) is 4.36. The van der Waals surface area contributed by atoms with E-state index in [0.717, 1.165) is 11.3 Å². The van der Waals surface area contributed by atoms with E-state index in [4.69, 9.17) is 23.7 Å². The van der Waals surface area contributed by atoms with Gasteiger partial charge in [-0.2, -0.15) is 4.98 Å². The number of fused-ring (bicyclic) bond motifs is 1. The Morgan fingerprint density at radius 2 is 1.72 bits per heavy atom. The van der Waals surface area contributed by atoms with Crippen LogP contribution in [0, 0.1) is 0 Å². The summed E-state index contributed by atoms with van der Waals surface area (Å²) in [6.07, 6.45) is 0. The van der Waals surface area contributed by atoms with E-state index in [1.165, 1.54) is 14.2 Å². The Kier molecular flexibility index (Phi) is 6.31. The Balaban J connectivity index is 1.44. The number of benzene rings is 3. The summed E-state index contributed by atoms with van der Waals surface area (Å²) in [5.74, 6) is 2.39. The van der Waals surface area contributed by atoms with Gasteiger partial charge >= 0.3 is 6.01 Å². The molecule has 0 saturated heterocycles. The molecule has 0 saturated carbocycles. The Morgan fingerprint density at radius 3 is 2.42 bits per heavy atom. The fraction of sp³-hybridized carbons (Fsp3) is 0.192. The van der Waals surface area contributed by atoms with Crippen LogP contribution in [0.4, 0.5) is 5.69 Å². The average molecular weight is 489 g/mol. The summed E-state index contributed by atoms with van der Waals surface area (Å²) in [5, 5.41) is 7.40. The quantitative estimate of drug-likeness (QED) is 0.391. The molecule has 3 aromatic carbocycles. The predicted molar refractivity (Wildman–Crippen MR) is 132 cm³/mol. The van der Waals surface area contributed by atoms with E-state index in [9.17, 15) is 4.79 Å². The van der Waals surface area contributed by atoms with E-state index < -0.39 is 0 Å². The minimum absolute atomic E-state index is 0.184. The number of methoxy groups -OCH3 is 2. The minimum atomic E-state index is -0.350. The maximum Gasteiger partial charge on any atom is 0.336 e. The number of aromatic nitrogens is 3. The number of carbonyl (C=O) groups is 1. The van der Waals surface area contributed by atoms with Gasteiger partial charge in [0.15, 0.2) is 17.3 Å². The van der Waals surface area contributed by atoms with Crippen LogP contribution in [0.2, 0.25) is 0 Å². The molecule has 10 nitrogen and oxygen atoms in total. The fourth-order valence-corrected chi connectivity index (χ4v) is 3.84. The number of rotatable bonds is 8. The number of hydrogen-bond donors (Lipinski definition) is 1. The Labute approximate surface area is 207 Å². The Morgan fingerprint density at radius 1 is 1.00 bits per heavy atom. The van der Waals surface area contributed by atoms with Gasteiger partial charge in [-0.1, -0.05) is 6.07 Å². The summed E-state index contributed by atoms with van der Waals surface area (Å²) in [7, 11) is 3.01. The number of anilines is 1. The van der Waals surface area contributed by atoms with Gasteiger partial charge in [-0.05, 0) is 61.5 Å². The Hall–Kier alpha value is -4.73. The molecule has 2 heterocycles. The molecule has 1 aromatic heterocycles. The summed E-state index contributed by atoms with van der Waals surface area (Å²) >= 11 is 0. The summed E-state index contributed by atoms with van der Waals surface area (Å²) in [5.41, 5.74) is 2.42. The molecule has 1 amide bonds. The first-order valence-electron chi connectivity index (χ1n) is 11.2. The van der Waals surface area contributed by atoms with Crippen molar-refractivity contribution >= 4 is 11.6 Å². The SMILES string of the molecule is CCOc1nc(-c2ccc3c(c2)OCO3)n(-c2ccc(NC(=O)c3c(OC)cccc3OC)cc2)n1. The van der Waals surface area contributed by atoms with Crippen molar-refractivity contribution in [2.45, 2.75) is 6.92 Å². The molecule has 0 aliphatic carbocycles. The second-order valence-electron chi connectivity index (χ2n) is 7.67. The van der Waals surface area contributed by atoms with Gasteiger partial charge in [-0.3, -0.25) is 4.79 Å². The summed E-state index contributed by atoms with van der Waals surface area (Å²) in [4.78, 5) is 17.6. The van der Waals surface area contributed by atoms with Crippen molar-refractivity contribution in [2.24, 2.45) is 0 Å². The molecule has 0 spiro atoms. The number of nitrogens with one attached hydrogen (secondary N) is 1. The average Bonchev–Trinajstić information content (AvgIpc) is 3.55. The van der Waals surface area contributed by atoms with Gasteiger partial charge in [-0.25, -0.2) is 4.68 Å². The molecule has 184 valence electrons. The zero-order valence-electron chi connectivity index (χ0n) is 20.0. The topological polar surface area (TPSA) is 106 Å². The van der Waals surface area contributed by atoms with Crippen molar-refractivity contribution in [1.82, 2.24) is 14.8 Å². The highest BCUT2D eigenvalue weighted by molar-refractivity contribution is 6.08. The number of nitrogens with zero attached hydrogens (tertiary/aromatic N) is 3. The van der Waals surface area contributed by atoms with Crippen molar-refractivity contribution in [2.75, 3.05) is 32.9 Å². The number of hydrogen-bond acceptors (Lipinski definition) is 8. The summed E-state index contributed by atoms with van der Waals surface area (Å²) < 4.78 is 28.8. The second-order valence-corrected chi connectivity index (χ2v) is 7.67. The molecule has 5 rings (SSSR count). The van der Waals surface area contributed by atoms with Crippen LogP contribution in [0.5, 0.6) is 29.0 Å². The van der Waals surface area contributed by atoms with Crippen molar-refractivity contribution in [1.29, 1.82) is 0 Å². The lowest BCUT2D eigenvalue weighted by atomic mass is 10.1. The number of carbonyl (C=O) groups excluding carboxylic acids is 1. The van der Waals surface area contributed by atoms with Gasteiger partial charge in [0.2, 0.25) is 6.79 Å². The van der Waals surface area contributed by atoms with Crippen LogP contribution in [0.3, 0.4) is 0 Å². The van der Waals surface area contributed by atoms with E-state index in [1.807, 2.05) is 37.3 Å². The molecular formula is C26H24N4O6. The zero-order chi connectivity index (χ0) is 25.1. The molecule has 0 radical (unpaired) electrons. The van der Waals surface area contributed by atoms with Crippen LogP contribution in [0.15, 0.2) is 60.7 Å². The maximum atomic E-state index is 13.0. The molecule has 1 N–H and O–H groups in total. The molecule has 10 heteroatoms. The third-order valence-electron chi connectivity index (χ3n) is 5.52. The van der Waals surface area contributed by atoms with E-state index in [2.05, 4.69) is 15.4 Å². The lowest BCUT2D eigenvalue weighted by molar-refractivity contribution is 0.102. The van der Waals surface area contributed by atoms with Crippen molar-refractivity contribution in [3.05, 3.63) is 66.2 Å². The third-order valence-corrected chi connectivity index (χ3v) is 5.52. The molecule has 1 aliphatic heterocycles. The van der Waals surface area contributed by atoms with Gasteiger partial charge in [0.05, 0.1) is 26.5 Å². The van der Waals surface area contributed by atoms with Crippen molar-refractivity contribution in [3.8, 4) is 46.1 Å². The van der Waals surface area contributed by atoms with Crippen LogP contribution in [-0.4, -0.2) is 48.3 Å². The lowest BCUT2D eigenvalue weighted by Gasteiger charge is -2.13. The molecule has 36 heavy (non-hydrogen) atoms. The fourth-order valence-electron chi connectivity index (χ4n) is 3.84. The monoisotopic (exact) mass is 488 g/mol. The number of ether oxygens (including phenoxy) is 5. The van der Waals surface area contributed by atoms with E-state index >= 15 is 0 Å². The zero-order valence-corrected chi connectivity index (χ0v) is 20.0. The van der Waals surface area contributed by atoms with Crippen molar-refractivity contribution in [3.63, 3.8) is 0 Å². The highest BCUT2D eigenvalue weighted by Gasteiger charge is 2.21. The molecule has 0 bridgehead atoms. The Bertz CT molecular complexity index is 1380. The molecule has 0 unspecified atom stereocenters. The largest absolute Gasteiger partial charge is 0.496 e. The standard InChI is InChI=1S/C26H24N4O6/c1-4-34-26-28-24(16-8-13-19-22(14-16)36-15-35-19)30(29-26)18-11-9-17(10-12-18)27-25(31)23-20(32-2)6-5-7-21(23)33-3/h5-14H,4,15H2,1-3H3,(H,27,31). The van der Waals surface area contributed by atoms with Crippen LogP contribution < -0.4 is 29.0 Å². The first-order valence-corrected chi connectivity index (χ1v) is 11.2. The smallest absolute Gasteiger partial charge is 0.336 e. The summed E-state index contributed by atoms with van der Waals surface area (Å²) in [6.45, 7) is 2.49. The van der Waals surface area contributed by atoms with Crippen LogP contribution >= 0.6 is 0 Å². The predicted octanol–water partition coefficient (Wildman–Crippen LogP) is 4.33. The second kappa shape index (κ2) is 9.87. The van der Waals surface area contributed by atoms with Crippen LogP contribution in [0.1, 0.15) is 17.3 Å². The number of amides is 1. The first-order chi connectivity index (χ1) is 17.6. The molecule has 0 atom stereocenters. The van der Waals surface area contributed by atoms with Gasteiger partial charge in [0.1, 0.15) is 17.1 Å². The molecule has 0 fully saturated rings. The van der Waals surface area contributed by atoms with Gasteiger partial charge in [0.25, 0.3) is 5.91 Å². The van der Waals surface area contributed by atoms with Crippen LogP contribution in [-0.2, 0) is 0 Å². The summed E-state index contributed by atoms with van der Waals surface area (Å²) in [6, 6.07) is 18.2. The van der Waals surface area contributed by atoms with Gasteiger partial charge in [0, 0.05) is 11.3 Å². The highest BCUT2D eigenvalue weighted by Crippen LogP contribution is 2.36. The van der Waals surface area contributed by atoms with E-state index in [1.54, 1.807) is 35.0 Å². The van der Waals surface area contributed by atoms with Crippen molar-refractivity contribution < 1.29 is 28.5 Å². The minimum Gasteiger partial charge on any atom is -0.496 e. The molecular weight excluding hydrogens is 464 g/mol. The molecule has 1 aliphatic rings. The highest BCUT2D eigenvalue weighted by atomic mass is 16.7. The lowest BCUT2D eigenvalue weighted by Crippen LogP contribution is -2.14. The van der Waals surface area contributed by atoms with E-state index in [0.29, 0.717) is 46.7 Å². The van der Waals surface area contributed by atoms with Gasteiger partial charge in [-0.15, -0.1) is 5.10 Å². The first kappa shape index (κ1) is 23.0. The normalized spacial score (nSPS) is 11.8. The van der Waals surface area contributed by atoms with Crippen LogP contribution in [0.25, 0.3) is 17.1 Å². The maximum absolute atomic E-state index is 13.0.